The molecular weight excluding hydrogens is 258 g/mol. The summed E-state index contributed by atoms with van der Waals surface area (Å²) in [5.74, 6) is -3.00. The van der Waals surface area contributed by atoms with E-state index >= 15 is 0 Å². The van der Waals surface area contributed by atoms with Crippen molar-refractivity contribution in [2.45, 2.75) is 25.8 Å². The lowest BCUT2D eigenvalue weighted by atomic mass is 9.96. The molecule has 0 heterocycles. The van der Waals surface area contributed by atoms with Crippen LogP contribution in [-0.2, 0) is 9.59 Å². The van der Waals surface area contributed by atoms with Crippen molar-refractivity contribution in [2.75, 3.05) is 0 Å². The summed E-state index contributed by atoms with van der Waals surface area (Å²) in [4.78, 5) is 21.7. The van der Waals surface area contributed by atoms with Crippen LogP contribution in [0, 0.1) is 12.8 Å². The Morgan fingerprint density at radius 1 is 1.20 bits per heavy atom. The molecule has 20 heavy (non-hydrogen) atoms. The zero-order valence-electron chi connectivity index (χ0n) is 11.3. The standard InChI is InChI=1S/C15H19NO4/c1-10-5-7-11(8-6-10)3-2-4-12(14(17)18)9-13(16)15(19)20/h2-3,5-8,12-13H,4,9,16H2,1H3,(H,17,18)(H,19,20)/b3-2+/t12-,13-/m0/s1. The first kappa shape index (κ1) is 15.9. The molecular formula is C15H19NO4. The first-order valence-electron chi connectivity index (χ1n) is 6.34. The van der Waals surface area contributed by atoms with E-state index in [-0.39, 0.29) is 12.8 Å². The number of carbonyl (C=O) groups is 2. The Labute approximate surface area is 117 Å². The number of rotatable bonds is 7. The van der Waals surface area contributed by atoms with Gasteiger partial charge in [-0.1, -0.05) is 42.0 Å². The van der Waals surface area contributed by atoms with Gasteiger partial charge in [0.15, 0.2) is 0 Å². The number of aryl methyl sites for hydroxylation is 1. The molecule has 4 N–H and O–H groups in total. The van der Waals surface area contributed by atoms with Crippen LogP contribution in [-0.4, -0.2) is 28.2 Å². The van der Waals surface area contributed by atoms with Crippen molar-refractivity contribution >= 4 is 18.0 Å². The Balaban J connectivity index is 2.60. The summed E-state index contributed by atoms with van der Waals surface area (Å²) in [6, 6.07) is 6.65. The third kappa shape index (κ3) is 5.24. The van der Waals surface area contributed by atoms with Gasteiger partial charge in [0.25, 0.3) is 0 Å². The maximum Gasteiger partial charge on any atom is 0.320 e. The third-order valence-corrected chi connectivity index (χ3v) is 3.01. The van der Waals surface area contributed by atoms with Gasteiger partial charge in [-0.2, -0.15) is 0 Å². The van der Waals surface area contributed by atoms with E-state index in [4.69, 9.17) is 15.9 Å². The Morgan fingerprint density at radius 3 is 2.30 bits per heavy atom. The second-order valence-electron chi connectivity index (χ2n) is 4.76. The van der Waals surface area contributed by atoms with Gasteiger partial charge in [0, 0.05) is 0 Å². The van der Waals surface area contributed by atoms with Gasteiger partial charge in [0.1, 0.15) is 6.04 Å². The molecule has 0 aliphatic heterocycles. The summed E-state index contributed by atoms with van der Waals surface area (Å²) in [5.41, 5.74) is 7.49. The van der Waals surface area contributed by atoms with Crippen LogP contribution in [0.1, 0.15) is 24.0 Å². The smallest absolute Gasteiger partial charge is 0.320 e. The lowest BCUT2D eigenvalue weighted by Crippen LogP contribution is -2.34. The van der Waals surface area contributed by atoms with Crippen molar-refractivity contribution in [1.29, 1.82) is 0 Å². The van der Waals surface area contributed by atoms with Gasteiger partial charge in [0.2, 0.25) is 0 Å². The molecule has 0 saturated heterocycles. The number of nitrogens with two attached hydrogens (primary N) is 1. The number of benzene rings is 1. The summed E-state index contributed by atoms with van der Waals surface area (Å²) in [6.07, 6.45) is 3.73. The van der Waals surface area contributed by atoms with E-state index in [1.54, 1.807) is 6.08 Å². The summed E-state index contributed by atoms with van der Waals surface area (Å²) in [7, 11) is 0. The van der Waals surface area contributed by atoms with Crippen LogP contribution in [0.15, 0.2) is 30.3 Å². The van der Waals surface area contributed by atoms with Crippen molar-refractivity contribution in [3.8, 4) is 0 Å². The minimum Gasteiger partial charge on any atom is -0.481 e. The van der Waals surface area contributed by atoms with Crippen LogP contribution in [0.3, 0.4) is 0 Å². The molecule has 0 unspecified atom stereocenters. The van der Waals surface area contributed by atoms with Crippen molar-refractivity contribution in [1.82, 2.24) is 0 Å². The molecule has 1 rings (SSSR count). The first-order valence-corrected chi connectivity index (χ1v) is 6.34. The van der Waals surface area contributed by atoms with Gasteiger partial charge in [-0.3, -0.25) is 9.59 Å². The molecule has 108 valence electrons. The molecule has 2 atom stereocenters. The number of hydrogen-bond acceptors (Lipinski definition) is 3. The van der Waals surface area contributed by atoms with Crippen LogP contribution in [0.4, 0.5) is 0 Å². The zero-order chi connectivity index (χ0) is 15.1. The molecule has 0 aliphatic carbocycles. The van der Waals surface area contributed by atoms with Gasteiger partial charge in [-0.25, -0.2) is 0 Å². The van der Waals surface area contributed by atoms with Crippen molar-refractivity contribution in [3.05, 3.63) is 41.5 Å². The minimum atomic E-state index is -1.18. The van der Waals surface area contributed by atoms with E-state index in [0.717, 1.165) is 11.1 Å². The SMILES string of the molecule is Cc1ccc(/C=C/C[C@@H](C[C@H](N)C(=O)O)C(=O)O)cc1. The number of carboxylic acids is 2. The Kier molecular flexibility index (Phi) is 5.93. The predicted molar refractivity (Wildman–Crippen MR) is 76.2 cm³/mol. The molecule has 0 bridgehead atoms. The average Bonchev–Trinajstić information content (AvgIpc) is 2.39. The van der Waals surface area contributed by atoms with Gasteiger partial charge in [-0.15, -0.1) is 0 Å². The van der Waals surface area contributed by atoms with E-state index in [2.05, 4.69) is 0 Å². The Bertz CT molecular complexity index is 493. The largest absolute Gasteiger partial charge is 0.481 e. The number of carboxylic acid groups (broad SMARTS) is 2. The fraction of sp³-hybridized carbons (Fsp3) is 0.333. The Morgan fingerprint density at radius 2 is 1.80 bits per heavy atom. The highest BCUT2D eigenvalue weighted by Crippen LogP contribution is 2.14. The molecule has 1 aromatic rings. The summed E-state index contributed by atoms with van der Waals surface area (Å²) >= 11 is 0. The summed E-state index contributed by atoms with van der Waals surface area (Å²) < 4.78 is 0. The highest BCUT2D eigenvalue weighted by molar-refractivity contribution is 5.76. The van der Waals surface area contributed by atoms with E-state index < -0.39 is 23.9 Å². The summed E-state index contributed by atoms with van der Waals surface area (Å²) in [5, 5.41) is 17.8. The van der Waals surface area contributed by atoms with Crippen LogP contribution in [0.25, 0.3) is 6.08 Å². The maximum atomic E-state index is 11.1. The second-order valence-corrected chi connectivity index (χ2v) is 4.76. The molecule has 0 spiro atoms. The predicted octanol–water partition coefficient (Wildman–Crippen LogP) is 1.90. The van der Waals surface area contributed by atoms with Crippen LogP contribution < -0.4 is 5.73 Å². The monoisotopic (exact) mass is 277 g/mol. The van der Waals surface area contributed by atoms with E-state index in [9.17, 15) is 9.59 Å². The topological polar surface area (TPSA) is 101 Å². The molecule has 1 aromatic carbocycles. The van der Waals surface area contributed by atoms with Gasteiger partial charge < -0.3 is 15.9 Å². The van der Waals surface area contributed by atoms with Crippen molar-refractivity contribution in [3.63, 3.8) is 0 Å². The van der Waals surface area contributed by atoms with E-state index in [1.807, 2.05) is 37.3 Å². The molecule has 0 aliphatic rings. The van der Waals surface area contributed by atoms with Gasteiger partial charge in [0.05, 0.1) is 5.92 Å². The van der Waals surface area contributed by atoms with E-state index in [1.165, 1.54) is 0 Å². The zero-order valence-corrected chi connectivity index (χ0v) is 11.3. The average molecular weight is 277 g/mol. The quantitative estimate of drug-likeness (QED) is 0.706. The number of allylic oxidation sites excluding steroid dienone is 1. The van der Waals surface area contributed by atoms with Gasteiger partial charge in [-0.05, 0) is 25.3 Å². The van der Waals surface area contributed by atoms with Crippen LogP contribution in [0.2, 0.25) is 0 Å². The van der Waals surface area contributed by atoms with Crippen molar-refractivity contribution in [2.24, 2.45) is 11.7 Å². The molecule has 0 radical (unpaired) electrons. The van der Waals surface area contributed by atoms with Crippen molar-refractivity contribution < 1.29 is 19.8 Å². The molecule has 0 amide bonds. The maximum absolute atomic E-state index is 11.1. The number of hydrogen-bond donors (Lipinski definition) is 3. The van der Waals surface area contributed by atoms with Crippen LogP contribution in [0.5, 0.6) is 0 Å². The highest BCUT2D eigenvalue weighted by Gasteiger charge is 2.23. The molecule has 0 fully saturated rings. The fourth-order valence-electron chi connectivity index (χ4n) is 1.75. The number of aliphatic carboxylic acids is 2. The molecule has 5 heteroatoms. The normalized spacial score (nSPS) is 14.1. The lowest BCUT2D eigenvalue weighted by Gasteiger charge is -2.12. The highest BCUT2D eigenvalue weighted by atomic mass is 16.4. The van der Waals surface area contributed by atoms with Gasteiger partial charge >= 0.3 is 11.9 Å². The molecule has 0 aromatic heterocycles. The molecule has 5 nitrogen and oxygen atoms in total. The van der Waals surface area contributed by atoms with E-state index in [0.29, 0.717) is 0 Å². The first-order chi connectivity index (χ1) is 9.40. The van der Waals surface area contributed by atoms with Crippen LogP contribution >= 0.6 is 0 Å². The second kappa shape index (κ2) is 7.45. The minimum absolute atomic E-state index is 0.0805. The fourth-order valence-corrected chi connectivity index (χ4v) is 1.75. The third-order valence-electron chi connectivity index (χ3n) is 3.01. The Hall–Kier alpha value is -2.14. The summed E-state index contributed by atoms with van der Waals surface area (Å²) in [6.45, 7) is 1.99. The lowest BCUT2D eigenvalue weighted by molar-refractivity contribution is -0.143. The molecule has 0 saturated carbocycles.